The maximum absolute atomic E-state index is 15.5. The third-order valence-electron chi connectivity index (χ3n) is 6.09. The summed E-state index contributed by atoms with van der Waals surface area (Å²) in [6.07, 6.45) is 2.99. The summed E-state index contributed by atoms with van der Waals surface area (Å²) in [5.41, 5.74) is 2.33. The Morgan fingerprint density at radius 3 is 2.51 bits per heavy atom. The van der Waals surface area contributed by atoms with E-state index in [9.17, 15) is 9.59 Å². The van der Waals surface area contributed by atoms with Crippen LogP contribution in [0.25, 0.3) is 11.8 Å². The van der Waals surface area contributed by atoms with Crippen LogP contribution in [0.5, 0.6) is 0 Å². The molecule has 0 aliphatic carbocycles. The van der Waals surface area contributed by atoms with Crippen molar-refractivity contribution < 1.29 is 18.7 Å². The summed E-state index contributed by atoms with van der Waals surface area (Å²) >= 11 is 0. The lowest BCUT2D eigenvalue weighted by molar-refractivity contribution is 0.0989. The molecule has 1 amide bonds. The average molecular weight is 531 g/mol. The van der Waals surface area contributed by atoms with E-state index in [0.717, 1.165) is 21.9 Å². The van der Waals surface area contributed by atoms with Gasteiger partial charge in [0.1, 0.15) is 18.1 Å². The Balaban J connectivity index is 1.68. The smallest absolute Gasteiger partial charge is 0.350 e. The van der Waals surface area contributed by atoms with Gasteiger partial charge < -0.3 is 14.8 Å². The lowest BCUT2D eigenvalue weighted by Crippen LogP contribution is -2.25. The SMILES string of the molecule is CCO/C=C/c1cc(-n2nc(COCc3ccccc3)n(CC)c2=O)c(F)cc1C(=O)Nc1ccccc1C. The van der Waals surface area contributed by atoms with Gasteiger partial charge >= 0.3 is 5.69 Å². The van der Waals surface area contributed by atoms with Crippen LogP contribution in [0.1, 0.15) is 46.7 Å². The highest BCUT2D eigenvalue weighted by molar-refractivity contribution is 6.07. The molecule has 0 aliphatic heterocycles. The average Bonchev–Trinajstić information content (AvgIpc) is 3.25. The van der Waals surface area contributed by atoms with Crippen molar-refractivity contribution in [2.24, 2.45) is 0 Å². The zero-order valence-electron chi connectivity index (χ0n) is 22.2. The molecule has 0 unspecified atom stereocenters. The molecule has 0 aliphatic rings. The predicted octanol–water partition coefficient (Wildman–Crippen LogP) is 5.48. The number of ether oxygens (including phenoxy) is 2. The molecule has 8 nitrogen and oxygen atoms in total. The molecule has 39 heavy (non-hydrogen) atoms. The largest absolute Gasteiger partial charge is 0.501 e. The monoisotopic (exact) mass is 530 g/mol. The van der Waals surface area contributed by atoms with Crippen molar-refractivity contribution in [3.8, 4) is 5.69 Å². The Morgan fingerprint density at radius 2 is 1.79 bits per heavy atom. The van der Waals surface area contributed by atoms with Crippen LogP contribution in [0.2, 0.25) is 0 Å². The van der Waals surface area contributed by atoms with E-state index in [-0.39, 0.29) is 17.9 Å². The highest BCUT2D eigenvalue weighted by atomic mass is 19.1. The Morgan fingerprint density at radius 1 is 1.05 bits per heavy atom. The standard InChI is InChI=1S/C30H31FN4O4/c1-4-34-28(20-39-19-22-12-7-6-8-13-22)33-35(30(34)37)27-17-23(15-16-38-5-2)24(18-25(27)31)29(36)32-26-14-10-9-11-21(26)3/h6-18H,4-5,19-20H2,1-3H3,(H,32,36)/b16-15+. The highest BCUT2D eigenvalue weighted by Crippen LogP contribution is 2.23. The fourth-order valence-corrected chi connectivity index (χ4v) is 4.05. The number of para-hydroxylation sites is 1. The summed E-state index contributed by atoms with van der Waals surface area (Å²) in [7, 11) is 0. The van der Waals surface area contributed by atoms with E-state index < -0.39 is 17.4 Å². The molecule has 0 bridgehead atoms. The summed E-state index contributed by atoms with van der Waals surface area (Å²) in [6.45, 7) is 6.66. The normalized spacial score (nSPS) is 11.2. The fourth-order valence-electron chi connectivity index (χ4n) is 4.05. The molecule has 0 radical (unpaired) electrons. The molecule has 1 aromatic heterocycles. The third kappa shape index (κ3) is 6.50. The van der Waals surface area contributed by atoms with E-state index in [1.807, 2.05) is 56.3 Å². The molecule has 1 N–H and O–H groups in total. The second-order valence-electron chi connectivity index (χ2n) is 8.75. The molecule has 0 spiro atoms. The fraction of sp³-hybridized carbons (Fsp3) is 0.233. The van der Waals surface area contributed by atoms with E-state index >= 15 is 4.39 Å². The number of amides is 1. The number of nitrogens with zero attached hydrogens (tertiary/aromatic N) is 3. The molecule has 0 saturated carbocycles. The van der Waals surface area contributed by atoms with Crippen LogP contribution in [-0.4, -0.2) is 26.9 Å². The first-order valence-corrected chi connectivity index (χ1v) is 12.7. The van der Waals surface area contributed by atoms with Gasteiger partial charge in [-0.3, -0.25) is 9.36 Å². The number of halogens is 1. The van der Waals surface area contributed by atoms with E-state index in [0.29, 0.717) is 36.8 Å². The maximum atomic E-state index is 15.5. The summed E-state index contributed by atoms with van der Waals surface area (Å²) in [4.78, 5) is 26.4. The Labute approximate surface area is 226 Å². The second-order valence-corrected chi connectivity index (χ2v) is 8.75. The first-order valence-electron chi connectivity index (χ1n) is 12.7. The number of hydrogen-bond donors (Lipinski definition) is 1. The van der Waals surface area contributed by atoms with Crippen LogP contribution in [0.15, 0.2) is 77.8 Å². The van der Waals surface area contributed by atoms with E-state index in [4.69, 9.17) is 9.47 Å². The van der Waals surface area contributed by atoms with Gasteiger partial charge in [0.05, 0.1) is 25.0 Å². The van der Waals surface area contributed by atoms with Crippen LogP contribution in [-0.2, 0) is 29.2 Å². The number of hydrogen-bond acceptors (Lipinski definition) is 5. The molecule has 9 heteroatoms. The van der Waals surface area contributed by atoms with Crippen molar-refractivity contribution in [3.05, 3.63) is 117 Å². The minimum Gasteiger partial charge on any atom is -0.501 e. The van der Waals surface area contributed by atoms with Crippen LogP contribution < -0.4 is 11.0 Å². The number of aryl methyl sites for hydroxylation is 1. The van der Waals surface area contributed by atoms with Gasteiger partial charge in [-0.15, -0.1) is 5.10 Å². The van der Waals surface area contributed by atoms with Gasteiger partial charge in [0.25, 0.3) is 5.91 Å². The number of anilines is 1. The van der Waals surface area contributed by atoms with Crippen LogP contribution in [0.4, 0.5) is 10.1 Å². The van der Waals surface area contributed by atoms with E-state index in [2.05, 4.69) is 10.4 Å². The minimum atomic E-state index is -0.766. The summed E-state index contributed by atoms with van der Waals surface area (Å²) in [6, 6.07) is 19.5. The molecule has 0 fully saturated rings. The quantitative estimate of drug-likeness (QED) is 0.260. The van der Waals surface area contributed by atoms with Crippen molar-refractivity contribution in [2.75, 3.05) is 11.9 Å². The molecule has 0 saturated heterocycles. The Kier molecular flexibility index (Phi) is 9.06. The first-order chi connectivity index (χ1) is 18.9. The van der Waals surface area contributed by atoms with Crippen molar-refractivity contribution in [2.45, 2.75) is 40.5 Å². The molecule has 3 aromatic carbocycles. The van der Waals surface area contributed by atoms with Crippen molar-refractivity contribution in [3.63, 3.8) is 0 Å². The molecule has 0 atom stereocenters. The van der Waals surface area contributed by atoms with Gasteiger partial charge in [0.2, 0.25) is 0 Å². The number of nitrogens with one attached hydrogen (secondary N) is 1. The lowest BCUT2D eigenvalue weighted by atomic mass is 10.0. The molecular formula is C30H31FN4O4. The highest BCUT2D eigenvalue weighted by Gasteiger charge is 2.21. The minimum absolute atomic E-state index is 0.0700. The predicted molar refractivity (Wildman–Crippen MR) is 148 cm³/mol. The van der Waals surface area contributed by atoms with Crippen molar-refractivity contribution in [1.82, 2.24) is 14.3 Å². The first kappa shape index (κ1) is 27.5. The molecule has 202 valence electrons. The molecule has 4 aromatic rings. The molecule has 1 heterocycles. The van der Waals surface area contributed by atoms with Gasteiger partial charge in [-0.2, -0.15) is 4.68 Å². The van der Waals surface area contributed by atoms with E-state index in [1.165, 1.54) is 16.9 Å². The molecule has 4 rings (SSSR count). The van der Waals surface area contributed by atoms with Crippen molar-refractivity contribution in [1.29, 1.82) is 0 Å². The summed E-state index contributed by atoms with van der Waals surface area (Å²) in [5, 5.41) is 7.21. The van der Waals surface area contributed by atoms with E-state index in [1.54, 1.807) is 25.1 Å². The summed E-state index contributed by atoms with van der Waals surface area (Å²) in [5.74, 6) is -0.893. The van der Waals surface area contributed by atoms with Gasteiger partial charge in [0, 0.05) is 12.2 Å². The maximum Gasteiger partial charge on any atom is 0.350 e. The third-order valence-corrected chi connectivity index (χ3v) is 6.09. The number of benzene rings is 3. The summed E-state index contributed by atoms with van der Waals surface area (Å²) < 4.78 is 29.0. The Hall–Kier alpha value is -4.50. The lowest BCUT2D eigenvalue weighted by Gasteiger charge is -2.12. The number of carbonyl (C=O) groups is 1. The van der Waals surface area contributed by atoms with Gasteiger partial charge in [-0.1, -0.05) is 48.5 Å². The van der Waals surface area contributed by atoms with Gasteiger partial charge in [-0.05, 0) is 61.7 Å². The van der Waals surface area contributed by atoms with Gasteiger partial charge in [-0.25, -0.2) is 9.18 Å². The number of rotatable bonds is 11. The van der Waals surface area contributed by atoms with Crippen LogP contribution in [0, 0.1) is 12.7 Å². The van der Waals surface area contributed by atoms with Crippen molar-refractivity contribution >= 4 is 17.7 Å². The van der Waals surface area contributed by atoms with Gasteiger partial charge in [0.15, 0.2) is 5.82 Å². The molecular weight excluding hydrogens is 499 g/mol. The van der Waals surface area contributed by atoms with Crippen LogP contribution >= 0.6 is 0 Å². The second kappa shape index (κ2) is 12.8. The Bertz CT molecular complexity index is 1530. The number of aromatic nitrogens is 3. The topological polar surface area (TPSA) is 87.4 Å². The zero-order valence-corrected chi connectivity index (χ0v) is 22.2. The number of carbonyl (C=O) groups excluding carboxylic acids is 1. The zero-order chi connectivity index (χ0) is 27.8. The van der Waals surface area contributed by atoms with Crippen LogP contribution in [0.3, 0.4) is 0 Å².